The minimum atomic E-state index is -0.857. The molecule has 2 fully saturated rings. The van der Waals surface area contributed by atoms with Crippen molar-refractivity contribution in [3.05, 3.63) is 33.4 Å². The fourth-order valence-corrected chi connectivity index (χ4v) is 3.48. The first-order chi connectivity index (χ1) is 13.4. The van der Waals surface area contributed by atoms with Crippen molar-refractivity contribution in [2.24, 2.45) is 0 Å². The number of imide groups is 2. The molecule has 1 aromatic carbocycles. The summed E-state index contributed by atoms with van der Waals surface area (Å²) in [6.07, 6.45) is 4.34. The van der Waals surface area contributed by atoms with E-state index in [-0.39, 0.29) is 34.4 Å². The predicted molar refractivity (Wildman–Crippen MR) is 96.8 cm³/mol. The zero-order valence-electron chi connectivity index (χ0n) is 15.4. The van der Waals surface area contributed by atoms with Crippen LogP contribution in [0.5, 0.6) is 11.5 Å². The molecular weight excluding hydrogens is 370 g/mol. The van der Waals surface area contributed by atoms with Gasteiger partial charge < -0.3 is 9.47 Å². The van der Waals surface area contributed by atoms with Crippen molar-refractivity contribution in [1.29, 1.82) is 0 Å². The number of benzene rings is 1. The number of barbiturate groups is 1. The number of urea groups is 1. The van der Waals surface area contributed by atoms with Gasteiger partial charge in [-0.3, -0.25) is 29.9 Å². The highest BCUT2D eigenvalue weighted by Gasteiger charge is 2.40. The summed E-state index contributed by atoms with van der Waals surface area (Å²) in [5.41, 5.74) is -0.485. The smallest absolute Gasteiger partial charge is 0.331 e. The molecule has 148 valence electrons. The van der Waals surface area contributed by atoms with Gasteiger partial charge in [0.1, 0.15) is 11.3 Å². The molecule has 0 aromatic heterocycles. The highest BCUT2D eigenvalue weighted by Crippen LogP contribution is 2.36. The first-order valence-corrected chi connectivity index (χ1v) is 8.68. The van der Waals surface area contributed by atoms with Gasteiger partial charge in [-0.2, -0.15) is 0 Å². The molecule has 0 atom stereocenters. The molecule has 1 saturated carbocycles. The molecule has 1 saturated heterocycles. The lowest BCUT2D eigenvalue weighted by atomic mass is 10.0. The number of carbonyl (C=O) groups excluding carboxylic acids is 3. The van der Waals surface area contributed by atoms with Gasteiger partial charge in [0.25, 0.3) is 11.8 Å². The number of nitro groups is 1. The van der Waals surface area contributed by atoms with Gasteiger partial charge in [0.05, 0.1) is 19.1 Å². The van der Waals surface area contributed by atoms with Crippen molar-refractivity contribution in [1.82, 2.24) is 10.2 Å². The number of nitrogens with one attached hydrogen (secondary N) is 1. The predicted octanol–water partition coefficient (Wildman–Crippen LogP) is 2.02. The third-order valence-corrected chi connectivity index (χ3v) is 4.85. The van der Waals surface area contributed by atoms with E-state index in [1.54, 1.807) is 0 Å². The van der Waals surface area contributed by atoms with Crippen LogP contribution < -0.4 is 14.8 Å². The summed E-state index contributed by atoms with van der Waals surface area (Å²) in [7, 11) is 2.63. The number of hydrogen-bond donors (Lipinski definition) is 1. The van der Waals surface area contributed by atoms with Crippen LogP contribution >= 0.6 is 0 Å². The Kier molecular flexibility index (Phi) is 5.30. The highest BCUT2D eigenvalue weighted by molar-refractivity contribution is 6.31. The van der Waals surface area contributed by atoms with Crippen molar-refractivity contribution in [3.8, 4) is 11.5 Å². The first-order valence-electron chi connectivity index (χ1n) is 8.68. The number of ether oxygens (including phenoxy) is 2. The molecule has 0 spiro atoms. The van der Waals surface area contributed by atoms with Crippen LogP contribution in [-0.2, 0) is 9.59 Å². The van der Waals surface area contributed by atoms with Crippen molar-refractivity contribution in [2.45, 2.75) is 31.7 Å². The van der Waals surface area contributed by atoms with Gasteiger partial charge in [-0.05, 0) is 18.9 Å². The lowest BCUT2D eigenvalue weighted by Gasteiger charge is -2.31. The minimum Gasteiger partial charge on any atom is -0.496 e. The Hall–Kier alpha value is -3.43. The lowest BCUT2D eigenvalue weighted by molar-refractivity contribution is -0.385. The molecule has 2 aliphatic rings. The van der Waals surface area contributed by atoms with E-state index < -0.39 is 22.8 Å². The minimum absolute atomic E-state index is 0.0221. The van der Waals surface area contributed by atoms with Gasteiger partial charge >= 0.3 is 11.7 Å². The average molecular weight is 389 g/mol. The van der Waals surface area contributed by atoms with E-state index in [0.717, 1.165) is 23.8 Å². The number of amides is 4. The molecule has 1 aliphatic carbocycles. The summed E-state index contributed by atoms with van der Waals surface area (Å²) < 4.78 is 10.2. The summed E-state index contributed by atoms with van der Waals surface area (Å²) in [5, 5.41) is 13.5. The average Bonchev–Trinajstić information content (AvgIpc) is 3.18. The normalized spacial score (nSPS) is 19.1. The van der Waals surface area contributed by atoms with Gasteiger partial charge in [0, 0.05) is 23.7 Å². The molecule has 28 heavy (non-hydrogen) atoms. The van der Waals surface area contributed by atoms with Crippen LogP contribution in [0.1, 0.15) is 31.2 Å². The lowest BCUT2D eigenvalue weighted by Crippen LogP contribution is -2.57. The molecule has 10 nitrogen and oxygen atoms in total. The Morgan fingerprint density at radius 2 is 1.79 bits per heavy atom. The van der Waals surface area contributed by atoms with Gasteiger partial charge in [-0.15, -0.1) is 0 Å². The van der Waals surface area contributed by atoms with Crippen molar-refractivity contribution in [3.63, 3.8) is 0 Å². The fourth-order valence-electron chi connectivity index (χ4n) is 3.48. The Balaban J connectivity index is 2.06. The topological polar surface area (TPSA) is 128 Å². The van der Waals surface area contributed by atoms with Crippen LogP contribution in [0.3, 0.4) is 0 Å². The summed E-state index contributed by atoms with van der Waals surface area (Å²) in [6.45, 7) is 0. The molecule has 1 N–H and O–H groups in total. The van der Waals surface area contributed by atoms with E-state index >= 15 is 0 Å². The van der Waals surface area contributed by atoms with Gasteiger partial charge in [0.15, 0.2) is 0 Å². The molecule has 1 aliphatic heterocycles. The molecule has 4 amide bonds. The van der Waals surface area contributed by atoms with Gasteiger partial charge in [-0.1, -0.05) is 12.8 Å². The maximum Gasteiger partial charge on any atom is 0.331 e. The molecule has 0 unspecified atom stereocenters. The number of hydrogen-bond acceptors (Lipinski definition) is 7. The molecule has 3 rings (SSSR count). The van der Waals surface area contributed by atoms with Crippen LogP contribution in [0.4, 0.5) is 10.5 Å². The number of nitrogens with zero attached hydrogens (tertiary/aromatic N) is 2. The van der Waals surface area contributed by atoms with E-state index in [2.05, 4.69) is 5.32 Å². The first kappa shape index (κ1) is 19.3. The van der Waals surface area contributed by atoms with E-state index in [4.69, 9.17) is 9.47 Å². The number of carbonyl (C=O) groups is 3. The van der Waals surface area contributed by atoms with Crippen molar-refractivity contribution >= 4 is 29.6 Å². The van der Waals surface area contributed by atoms with Crippen LogP contribution in [0.2, 0.25) is 0 Å². The zero-order valence-corrected chi connectivity index (χ0v) is 15.4. The second kappa shape index (κ2) is 7.67. The van der Waals surface area contributed by atoms with E-state index in [0.29, 0.717) is 12.8 Å². The maximum atomic E-state index is 12.9. The largest absolute Gasteiger partial charge is 0.496 e. The zero-order chi connectivity index (χ0) is 20.4. The van der Waals surface area contributed by atoms with E-state index in [1.807, 2.05) is 0 Å². The number of rotatable bonds is 5. The van der Waals surface area contributed by atoms with E-state index in [9.17, 15) is 24.5 Å². The van der Waals surface area contributed by atoms with Crippen molar-refractivity contribution in [2.75, 3.05) is 14.2 Å². The molecule has 1 heterocycles. The monoisotopic (exact) mass is 389 g/mol. The Morgan fingerprint density at radius 1 is 1.14 bits per heavy atom. The summed E-state index contributed by atoms with van der Waals surface area (Å²) in [6, 6.07) is 1.44. The molecule has 1 aromatic rings. The Bertz CT molecular complexity index is 887. The van der Waals surface area contributed by atoms with Crippen LogP contribution in [-0.4, -0.2) is 47.9 Å². The SMILES string of the molecule is COc1cc(OC)c([N+](=O)[O-])cc1/C=C1\C(=O)NC(=O)N(C2CCCC2)C1=O. The summed E-state index contributed by atoms with van der Waals surface area (Å²) in [4.78, 5) is 49.0. The summed E-state index contributed by atoms with van der Waals surface area (Å²) >= 11 is 0. The standard InChI is InChI=1S/C18H19N3O7/c1-27-14-9-15(28-2)13(21(25)26)8-10(14)7-12-16(22)19-18(24)20(17(12)23)11-5-3-4-6-11/h7-9,11H,3-6H2,1-2H3,(H,19,22,24)/b12-7+. The highest BCUT2D eigenvalue weighted by atomic mass is 16.6. The quantitative estimate of drug-likeness (QED) is 0.353. The third kappa shape index (κ3) is 3.40. The summed E-state index contributed by atoms with van der Waals surface area (Å²) in [5.74, 6) is -1.42. The van der Waals surface area contributed by atoms with Crippen LogP contribution in [0.25, 0.3) is 6.08 Å². The van der Waals surface area contributed by atoms with Crippen LogP contribution in [0, 0.1) is 10.1 Å². The van der Waals surface area contributed by atoms with Crippen LogP contribution in [0.15, 0.2) is 17.7 Å². The third-order valence-electron chi connectivity index (χ3n) is 4.85. The molecule has 0 radical (unpaired) electrons. The number of methoxy groups -OCH3 is 2. The van der Waals surface area contributed by atoms with Crippen molar-refractivity contribution < 1.29 is 28.8 Å². The molecule has 0 bridgehead atoms. The second-order valence-electron chi connectivity index (χ2n) is 6.45. The Labute approximate surface area is 160 Å². The van der Waals surface area contributed by atoms with E-state index in [1.165, 1.54) is 26.4 Å². The second-order valence-corrected chi connectivity index (χ2v) is 6.45. The Morgan fingerprint density at radius 3 is 2.36 bits per heavy atom. The molecule has 10 heteroatoms. The van der Waals surface area contributed by atoms with Gasteiger partial charge in [0.2, 0.25) is 5.75 Å². The fraction of sp³-hybridized carbons (Fsp3) is 0.389. The van der Waals surface area contributed by atoms with Gasteiger partial charge in [-0.25, -0.2) is 4.79 Å². The number of nitro benzene ring substituents is 1. The molecular formula is C18H19N3O7. The maximum absolute atomic E-state index is 12.9.